The van der Waals surface area contributed by atoms with E-state index in [0.717, 1.165) is 6.07 Å². The number of halogens is 4. The Bertz CT molecular complexity index is 440. The van der Waals surface area contributed by atoms with Crippen LogP contribution in [0.5, 0.6) is 0 Å². The summed E-state index contributed by atoms with van der Waals surface area (Å²) in [4.78, 5) is 5.19. The summed E-state index contributed by atoms with van der Waals surface area (Å²) in [7, 11) is 0. The van der Waals surface area contributed by atoms with Gasteiger partial charge in [0.2, 0.25) is 0 Å². The monoisotopic (exact) mass is 310 g/mol. The molecule has 0 aliphatic carbocycles. The Morgan fingerprint density at radius 3 is 2.53 bits per heavy atom. The van der Waals surface area contributed by atoms with Gasteiger partial charge < -0.3 is 10.0 Å². The van der Waals surface area contributed by atoms with Gasteiger partial charge in [-0.15, -0.1) is 0 Å². The van der Waals surface area contributed by atoms with Crippen LogP contribution >= 0.6 is 15.9 Å². The molecular weight excluding hydrogens is 301 g/mol. The van der Waals surface area contributed by atoms with E-state index in [9.17, 15) is 18.3 Å². The van der Waals surface area contributed by atoms with Gasteiger partial charge in [0.1, 0.15) is 5.82 Å². The second kappa shape index (κ2) is 3.84. The van der Waals surface area contributed by atoms with Crippen LogP contribution in [0, 0.1) is 0 Å². The van der Waals surface area contributed by atoms with Gasteiger partial charge >= 0.3 is 6.18 Å². The average Bonchev–Trinajstić information content (AvgIpc) is 2.12. The van der Waals surface area contributed by atoms with Crippen molar-refractivity contribution in [2.24, 2.45) is 0 Å². The second-order valence-electron chi connectivity index (χ2n) is 4.38. The van der Waals surface area contributed by atoms with E-state index < -0.39 is 17.3 Å². The van der Waals surface area contributed by atoms with Crippen LogP contribution < -0.4 is 4.90 Å². The molecule has 1 aromatic heterocycles. The zero-order valence-corrected chi connectivity index (χ0v) is 10.5. The number of aromatic nitrogens is 1. The Morgan fingerprint density at radius 1 is 1.47 bits per heavy atom. The van der Waals surface area contributed by atoms with Gasteiger partial charge in [-0.3, -0.25) is 0 Å². The fourth-order valence-corrected chi connectivity index (χ4v) is 2.15. The maximum atomic E-state index is 12.8. The zero-order chi connectivity index (χ0) is 12.8. The molecule has 1 aromatic rings. The summed E-state index contributed by atoms with van der Waals surface area (Å²) in [5.41, 5.74) is -1.72. The Balaban J connectivity index is 2.35. The number of anilines is 1. The summed E-state index contributed by atoms with van der Waals surface area (Å²) in [5.74, 6) is -0.132. The lowest BCUT2D eigenvalue weighted by Crippen LogP contribution is -2.60. The Hall–Kier alpha value is -0.820. The van der Waals surface area contributed by atoms with Crippen molar-refractivity contribution >= 4 is 21.7 Å². The molecule has 0 radical (unpaired) electrons. The molecule has 94 valence electrons. The second-order valence-corrected chi connectivity index (χ2v) is 5.29. The topological polar surface area (TPSA) is 36.4 Å². The minimum absolute atomic E-state index is 0.132. The van der Waals surface area contributed by atoms with Gasteiger partial charge in [-0.25, -0.2) is 4.98 Å². The summed E-state index contributed by atoms with van der Waals surface area (Å²) in [6, 6.07) is 0.995. The molecule has 1 saturated heterocycles. The quantitative estimate of drug-likeness (QED) is 0.865. The van der Waals surface area contributed by atoms with Crippen molar-refractivity contribution in [3.63, 3.8) is 0 Å². The molecule has 1 fully saturated rings. The smallest absolute Gasteiger partial charge is 0.386 e. The third-order valence-electron chi connectivity index (χ3n) is 2.50. The zero-order valence-electron chi connectivity index (χ0n) is 8.92. The molecule has 0 amide bonds. The number of pyridine rings is 1. The highest BCUT2D eigenvalue weighted by Gasteiger charge is 2.42. The molecule has 0 bridgehead atoms. The molecule has 0 aromatic carbocycles. The number of β-amino-alcohol motifs (C(OH)–C–C–N with tert-alkyl or cyclic N) is 1. The first kappa shape index (κ1) is 12.6. The molecular formula is C10H10BrF3N2O. The van der Waals surface area contributed by atoms with Crippen molar-refractivity contribution in [3.05, 3.63) is 22.3 Å². The molecule has 2 heterocycles. The fraction of sp³-hybridized carbons (Fsp3) is 0.500. The van der Waals surface area contributed by atoms with Crippen LogP contribution in [0.25, 0.3) is 0 Å². The number of rotatable bonds is 1. The van der Waals surface area contributed by atoms with E-state index in [1.807, 2.05) is 0 Å². The van der Waals surface area contributed by atoms with Crippen LogP contribution in [0.2, 0.25) is 0 Å². The molecule has 0 saturated carbocycles. The van der Waals surface area contributed by atoms with Gasteiger partial charge in [-0.05, 0) is 28.9 Å². The maximum absolute atomic E-state index is 12.8. The molecule has 1 aliphatic rings. The molecule has 2 rings (SSSR count). The van der Waals surface area contributed by atoms with Crippen LogP contribution in [0.1, 0.15) is 12.5 Å². The first-order valence-electron chi connectivity index (χ1n) is 4.89. The van der Waals surface area contributed by atoms with Crippen molar-refractivity contribution in [1.29, 1.82) is 0 Å². The van der Waals surface area contributed by atoms with Crippen LogP contribution in [0.15, 0.2) is 16.7 Å². The summed E-state index contributed by atoms with van der Waals surface area (Å²) in [5, 5.41) is 9.53. The summed E-state index contributed by atoms with van der Waals surface area (Å²) in [6.45, 7) is 1.89. The first-order valence-corrected chi connectivity index (χ1v) is 5.68. The van der Waals surface area contributed by atoms with Gasteiger partial charge in [-0.1, -0.05) is 0 Å². The number of aliphatic hydroxyl groups is 1. The minimum atomic E-state index is -4.45. The number of alkyl halides is 3. The molecule has 3 nitrogen and oxygen atoms in total. The van der Waals surface area contributed by atoms with E-state index in [-0.39, 0.29) is 23.4 Å². The number of hydrogen-bond acceptors (Lipinski definition) is 3. The molecule has 7 heteroatoms. The minimum Gasteiger partial charge on any atom is -0.386 e. The molecule has 0 spiro atoms. The largest absolute Gasteiger partial charge is 0.419 e. The van der Waals surface area contributed by atoms with Crippen LogP contribution in [0.3, 0.4) is 0 Å². The lowest BCUT2D eigenvalue weighted by molar-refractivity contribution is -0.137. The van der Waals surface area contributed by atoms with Crippen molar-refractivity contribution in [1.82, 2.24) is 4.98 Å². The predicted octanol–water partition coefficient (Wildman–Crippen LogP) is 2.43. The molecule has 1 aliphatic heterocycles. The highest BCUT2D eigenvalue weighted by Crippen LogP contribution is 2.39. The Morgan fingerprint density at radius 2 is 2.06 bits per heavy atom. The summed E-state index contributed by atoms with van der Waals surface area (Å²) < 4.78 is 38.7. The van der Waals surface area contributed by atoms with Crippen LogP contribution in [0.4, 0.5) is 19.0 Å². The molecule has 17 heavy (non-hydrogen) atoms. The van der Waals surface area contributed by atoms with Crippen LogP contribution in [-0.4, -0.2) is 28.8 Å². The third kappa shape index (κ3) is 2.55. The highest BCUT2D eigenvalue weighted by molar-refractivity contribution is 9.10. The summed E-state index contributed by atoms with van der Waals surface area (Å²) >= 11 is 2.97. The normalized spacial score (nSPS) is 19.1. The van der Waals surface area contributed by atoms with Crippen molar-refractivity contribution in [3.8, 4) is 0 Å². The average molecular weight is 311 g/mol. The maximum Gasteiger partial charge on any atom is 0.419 e. The lowest BCUT2D eigenvalue weighted by Gasteiger charge is -2.45. The lowest BCUT2D eigenvalue weighted by atomic mass is 9.96. The standard InChI is InChI=1S/C10H10BrF3N2O/c1-9(17)4-16(5-9)8-7(10(12,13)14)2-6(11)3-15-8/h2-3,17H,4-5H2,1H3. The van der Waals surface area contributed by atoms with Gasteiger partial charge in [0, 0.05) is 23.8 Å². The Labute approximate surface area is 104 Å². The van der Waals surface area contributed by atoms with Gasteiger partial charge in [0.25, 0.3) is 0 Å². The van der Waals surface area contributed by atoms with Gasteiger partial charge in [0.15, 0.2) is 0 Å². The highest BCUT2D eigenvalue weighted by atomic mass is 79.9. The SMILES string of the molecule is CC1(O)CN(c2ncc(Br)cc2C(F)(F)F)C1. The predicted molar refractivity (Wildman–Crippen MR) is 59.8 cm³/mol. The molecule has 0 atom stereocenters. The van der Waals surface area contributed by atoms with Gasteiger partial charge in [0.05, 0.1) is 11.2 Å². The number of nitrogens with zero attached hydrogens (tertiary/aromatic N) is 2. The van der Waals surface area contributed by atoms with Crippen molar-refractivity contribution in [2.45, 2.75) is 18.7 Å². The van der Waals surface area contributed by atoms with Crippen LogP contribution in [-0.2, 0) is 6.18 Å². The van der Waals surface area contributed by atoms with E-state index >= 15 is 0 Å². The van der Waals surface area contributed by atoms with E-state index in [0.29, 0.717) is 0 Å². The molecule has 0 unspecified atom stereocenters. The van der Waals surface area contributed by atoms with Crippen molar-refractivity contribution in [2.75, 3.05) is 18.0 Å². The third-order valence-corrected chi connectivity index (χ3v) is 2.93. The number of hydrogen-bond donors (Lipinski definition) is 1. The van der Waals surface area contributed by atoms with E-state index in [4.69, 9.17) is 0 Å². The molecule has 1 N–H and O–H groups in total. The van der Waals surface area contributed by atoms with Crippen molar-refractivity contribution < 1.29 is 18.3 Å². The van der Waals surface area contributed by atoms with E-state index in [2.05, 4.69) is 20.9 Å². The van der Waals surface area contributed by atoms with E-state index in [1.165, 1.54) is 11.1 Å². The Kier molecular flexibility index (Phi) is 2.86. The summed E-state index contributed by atoms with van der Waals surface area (Å²) in [6.07, 6.45) is -3.13. The van der Waals surface area contributed by atoms with E-state index in [1.54, 1.807) is 6.92 Å². The first-order chi connectivity index (χ1) is 7.69. The fourth-order valence-electron chi connectivity index (χ4n) is 1.82. The van der Waals surface area contributed by atoms with Gasteiger partial charge in [-0.2, -0.15) is 13.2 Å².